The van der Waals surface area contributed by atoms with Gasteiger partial charge in [0.15, 0.2) is 0 Å². The first-order valence-corrected chi connectivity index (χ1v) is 14.7. The van der Waals surface area contributed by atoms with Crippen molar-refractivity contribution in [2.75, 3.05) is 54.1 Å². The molecule has 0 saturated heterocycles. The molecule has 9 heteroatoms. The number of likely N-dealkylation sites (N-methyl/N-ethyl adjacent to an activating group) is 1. The molecule has 0 N–H and O–H groups in total. The van der Waals surface area contributed by atoms with Crippen molar-refractivity contribution in [3.63, 3.8) is 0 Å². The number of phosphoric acid groups is 1. The lowest BCUT2D eigenvalue weighted by Crippen LogP contribution is -2.37. The van der Waals surface area contributed by atoms with Crippen molar-refractivity contribution in [2.24, 2.45) is 0 Å². The van der Waals surface area contributed by atoms with Gasteiger partial charge in [-0.2, -0.15) is 0 Å². The summed E-state index contributed by atoms with van der Waals surface area (Å²) in [5.74, 6) is -0.355. The van der Waals surface area contributed by atoms with E-state index < -0.39 is 13.9 Å². The number of nitrogens with zero attached hydrogens (tertiary/aromatic N) is 1. The van der Waals surface area contributed by atoms with Crippen LogP contribution in [0.15, 0.2) is 0 Å². The molecule has 2 atom stereocenters. The lowest BCUT2D eigenvalue weighted by atomic mass is 10.1. The van der Waals surface area contributed by atoms with Crippen molar-refractivity contribution >= 4 is 13.8 Å². The van der Waals surface area contributed by atoms with Gasteiger partial charge in [0.05, 0.1) is 34.4 Å². The van der Waals surface area contributed by atoms with E-state index in [1.807, 2.05) is 21.1 Å². The van der Waals surface area contributed by atoms with E-state index in [0.717, 1.165) is 38.5 Å². The van der Waals surface area contributed by atoms with Crippen LogP contribution in [0.3, 0.4) is 0 Å². The zero-order valence-corrected chi connectivity index (χ0v) is 23.5. The minimum Gasteiger partial charge on any atom is -0.756 e. The number of quaternary nitrogens is 1. The number of hydrogen-bond donors (Lipinski definition) is 0. The van der Waals surface area contributed by atoms with E-state index >= 15 is 0 Å². The van der Waals surface area contributed by atoms with Gasteiger partial charge < -0.3 is 27.9 Å². The van der Waals surface area contributed by atoms with E-state index in [-0.39, 0.29) is 25.8 Å². The van der Waals surface area contributed by atoms with Crippen LogP contribution in [0.4, 0.5) is 0 Å². The molecule has 8 nitrogen and oxygen atoms in total. The van der Waals surface area contributed by atoms with Gasteiger partial charge in [0.25, 0.3) is 7.82 Å². The molecule has 0 aliphatic rings. The Kier molecular flexibility index (Phi) is 20.4. The third kappa shape index (κ3) is 23.3. The van der Waals surface area contributed by atoms with Gasteiger partial charge in [0, 0.05) is 13.0 Å². The zero-order chi connectivity index (χ0) is 25.7. The zero-order valence-electron chi connectivity index (χ0n) is 22.6. The average Bonchev–Trinajstić information content (AvgIpc) is 2.75. The molecule has 0 radical (unpaired) electrons. The Morgan fingerprint density at radius 2 is 1.35 bits per heavy atom. The molecule has 0 saturated carbocycles. The molecule has 0 fully saturated rings. The first-order valence-electron chi connectivity index (χ1n) is 13.3. The topological polar surface area (TPSA) is 94.1 Å². The van der Waals surface area contributed by atoms with Crippen molar-refractivity contribution in [1.29, 1.82) is 0 Å². The molecule has 0 rings (SSSR count). The molecule has 204 valence electrons. The van der Waals surface area contributed by atoms with Crippen molar-refractivity contribution in [2.45, 2.75) is 103 Å². The van der Waals surface area contributed by atoms with E-state index in [4.69, 9.17) is 18.5 Å². The highest BCUT2D eigenvalue weighted by Gasteiger charge is 2.20. The summed E-state index contributed by atoms with van der Waals surface area (Å²) in [6, 6.07) is 0. The Morgan fingerprint density at radius 1 is 0.794 bits per heavy atom. The summed E-state index contributed by atoms with van der Waals surface area (Å²) in [5.41, 5.74) is 0. The number of ether oxygens (including phenoxy) is 2. The SMILES string of the molecule is CCCCCCCCCCOCC(COP(=O)([O-])OCC[N+](C)(C)C)OC(=O)CCCCCC. The van der Waals surface area contributed by atoms with Crippen LogP contribution in [0.25, 0.3) is 0 Å². The van der Waals surface area contributed by atoms with Gasteiger partial charge >= 0.3 is 5.97 Å². The lowest BCUT2D eigenvalue weighted by Gasteiger charge is -2.28. The fourth-order valence-electron chi connectivity index (χ4n) is 3.25. The average molecular weight is 510 g/mol. The summed E-state index contributed by atoms with van der Waals surface area (Å²) < 4.78 is 33.8. The van der Waals surface area contributed by atoms with Crippen LogP contribution >= 0.6 is 7.82 Å². The second-order valence-electron chi connectivity index (χ2n) is 10.1. The predicted octanol–water partition coefficient (Wildman–Crippen LogP) is 5.23. The second kappa shape index (κ2) is 20.7. The van der Waals surface area contributed by atoms with Crippen LogP contribution in [-0.4, -0.2) is 70.7 Å². The van der Waals surface area contributed by atoms with Crippen LogP contribution in [0.2, 0.25) is 0 Å². The number of phosphoric ester groups is 1. The molecule has 0 heterocycles. The van der Waals surface area contributed by atoms with Gasteiger partial charge in [0.2, 0.25) is 0 Å². The molecule has 0 aromatic carbocycles. The van der Waals surface area contributed by atoms with Crippen LogP contribution < -0.4 is 4.89 Å². The minimum absolute atomic E-state index is 0.0289. The summed E-state index contributed by atoms with van der Waals surface area (Å²) >= 11 is 0. The van der Waals surface area contributed by atoms with Gasteiger partial charge in [0.1, 0.15) is 19.3 Å². The third-order valence-corrected chi connectivity index (χ3v) is 6.37. The Labute approximate surface area is 208 Å². The van der Waals surface area contributed by atoms with Crippen molar-refractivity contribution in [3.05, 3.63) is 0 Å². The van der Waals surface area contributed by atoms with Crippen molar-refractivity contribution < 1.29 is 37.3 Å². The van der Waals surface area contributed by atoms with Crippen LogP contribution in [-0.2, 0) is 27.9 Å². The summed E-state index contributed by atoms with van der Waals surface area (Å²) in [6.07, 6.45) is 13.0. The maximum absolute atomic E-state index is 12.2. The minimum atomic E-state index is -4.48. The van der Waals surface area contributed by atoms with Crippen molar-refractivity contribution in [1.82, 2.24) is 0 Å². The third-order valence-electron chi connectivity index (χ3n) is 5.41. The number of carbonyl (C=O) groups is 1. The molecule has 0 amide bonds. The first-order chi connectivity index (χ1) is 16.1. The molecule has 2 unspecified atom stereocenters. The number of hydrogen-bond acceptors (Lipinski definition) is 7. The molecule has 0 aromatic heterocycles. The molecular formula is C25H52NO7P. The van der Waals surface area contributed by atoms with Crippen LogP contribution in [0, 0.1) is 0 Å². The smallest absolute Gasteiger partial charge is 0.306 e. The molecule has 34 heavy (non-hydrogen) atoms. The normalized spacial score (nSPS) is 14.6. The number of esters is 1. The van der Waals surface area contributed by atoms with Gasteiger partial charge in [-0.3, -0.25) is 9.36 Å². The predicted molar refractivity (Wildman–Crippen MR) is 134 cm³/mol. The maximum atomic E-state index is 12.2. The molecule has 0 bridgehead atoms. The number of carbonyl (C=O) groups excluding carboxylic acids is 1. The summed E-state index contributed by atoms with van der Waals surface area (Å²) in [5, 5.41) is 0. The molecule has 0 aliphatic heterocycles. The molecule has 0 aromatic rings. The van der Waals surface area contributed by atoms with E-state index in [1.165, 1.54) is 38.5 Å². The largest absolute Gasteiger partial charge is 0.756 e. The Morgan fingerprint density at radius 3 is 1.94 bits per heavy atom. The fraction of sp³-hybridized carbons (Fsp3) is 0.960. The molecule has 0 aliphatic carbocycles. The van der Waals surface area contributed by atoms with E-state index in [2.05, 4.69) is 13.8 Å². The van der Waals surface area contributed by atoms with Gasteiger partial charge in [-0.25, -0.2) is 0 Å². The standard InChI is InChI=1S/C25H52NO7P/c1-6-8-10-12-13-14-15-17-20-30-22-24(33-25(27)18-16-11-9-7-2)23-32-34(28,29)31-21-19-26(3,4)5/h24H,6-23H2,1-5H3. The number of unbranched alkanes of at least 4 members (excludes halogenated alkanes) is 10. The molecule has 0 spiro atoms. The highest BCUT2D eigenvalue weighted by atomic mass is 31.2. The molecular weight excluding hydrogens is 457 g/mol. The summed E-state index contributed by atoms with van der Waals surface area (Å²) in [6.45, 7) is 5.23. The maximum Gasteiger partial charge on any atom is 0.306 e. The lowest BCUT2D eigenvalue weighted by molar-refractivity contribution is -0.870. The fourth-order valence-corrected chi connectivity index (χ4v) is 3.98. The monoisotopic (exact) mass is 509 g/mol. The van der Waals surface area contributed by atoms with Crippen LogP contribution in [0.1, 0.15) is 97.3 Å². The van der Waals surface area contributed by atoms with Gasteiger partial charge in [-0.15, -0.1) is 0 Å². The van der Waals surface area contributed by atoms with Crippen LogP contribution in [0.5, 0.6) is 0 Å². The van der Waals surface area contributed by atoms with E-state index in [0.29, 0.717) is 24.1 Å². The first kappa shape index (κ1) is 33.5. The second-order valence-corrected chi connectivity index (χ2v) is 11.5. The van der Waals surface area contributed by atoms with Gasteiger partial charge in [-0.05, 0) is 12.8 Å². The highest BCUT2D eigenvalue weighted by molar-refractivity contribution is 7.45. The van der Waals surface area contributed by atoms with Crippen molar-refractivity contribution in [3.8, 4) is 0 Å². The van der Waals surface area contributed by atoms with E-state index in [9.17, 15) is 14.3 Å². The summed E-state index contributed by atoms with van der Waals surface area (Å²) in [4.78, 5) is 24.3. The Hall–Kier alpha value is -0.500. The Balaban J connectivity index is 4.38. The quantitative estimate of drug-likeness (QED) is 0.0761. The highest BCUT2D eigenvalue weighted by Crippen LogP contribution is 2.38. The van der Waals surface area contributed by atoms with E-state index in [1.54, 1.807) is 0 Å². The number of rotatable bonds is 24. The summed E-state index contributed by atoms with van der Waals surface area (Å²) in [7, 11) is 1.35. The van der Waals surface area contributed by atoms with Gasteiger partial charge in [-0.1, -0.05) is 78.1 Å². The Bertz CT molecular complexity index is 540.